The highest BCUT2D eigenvalue weighted by Gasteiger charge is 2.19. The van der Waals surface area contributed by atoms with Crippen LogP contribution in [-0.2, 0) is 14.3 Å². The zero-order chi connectivity index (χ0) is 11.8. The fraction of sp³-hybridized carbons (Fsp3) is 0.600. The van der Waals surface area contributed by atoms with Gasteiger partial charge in [0.2, 0.25) is 5.91 Å². The number of amides is 1. The second-order valence-corrected chi connectivity index (χ2v) is 3.17. The highest BCUT2D eigenvalue weighted by atomic mass is 16.5. The molecule has 0 aromatic rings. The van der Waals surface area contributed by atoms with Crippen LogP contribution >= 0.6 is 0 Å². The maximum absolute atomic E-state index is 11.4. The van der Waals surface area contributed by atoms with Crippen molar-refractivity contribution < 1.29 is 14.3 Å². The van der Waals surface area contributed by atoms with Crippen LogP contribution in [0.2, 0.25) is 0 Å². The largest absolute Gasteiger partial charge is 0.468 e. The Labute approximate surface area is 89.9 Å². The lowest BCUT2D eigenvalue weighted by atomic mass is 10.2. The van der Waals surface area contributed by atoms with Crippen molar-refractivity contribution in [3.05, 3.63) is 12.7 Å². The van der Waals surface area contributed by atoms with E-state index in [1.165, 1.54) is 7.11 Å². The fourth-order valence-electron chi connectivity index (χ4n) is 1.02. The van der Waals surface area contributed by atoms with Gasteiger partial charge >= 0.3 is 5.97 Å². The van der Waals surface area contributed by atoms with Gasteiger partial charge < -0.3 is 10.1 Å². The molecule has 15 heavy (non-hydrogen) atoms. The smallest absolute Gasteiger partial charge is 0.322 e. The number of methoxy groups -OCH3 is 1. The molecule has 0 fully saturated rings. The van der Waals surface area contributed by atoms with E-state index in [1.54, 1.807) is 19.9 Å². The minimum absolute atomic E-state index is 0.175. The van der Waals surface area contributed by atoms with Crippen molar-refractivity contribution in [1.82, 2.24) is 10.6 Å². The van der Waals surface area contributed by atoms with Crippen molar-refractivity contribution in [3.63, 3.8) is 0 Å². The lowest BCUT2D eigenvalue weighted by molar-refractivity contribution is -0.143. The van der Waals surface area contributed by atoms with Crippen molar-refractivity contribution >= 4 is 11.9 Å². The average Bonchev–Trinajstić information content (AvgIpc) is 2.24. The molecule has 0 aliphatic rings. The van der Waals surface area contributed by atoms with Gasteiger partial charge in [-0.15, -0.1) is 6.58 Å². The molecule has 0 aliphatic carbocycles. The molecule has 0 radical (unpaired) electrons. The van der Waals surface area contributed by atoms with Gasteiger partial charge in [0, 0.05) is 6.54 Å². The minimum Gasteiger partial charge on any atom is -0.468 e. The first-order valence-electron chi connectivity index (χ1n) is 4.75. The Morgan fingerprint density at radius 3 is 2.47 bits per heavy atom. The summed E-state index contributed by atoms with van der Waals surface area (Å²) >= 11 is 0. The molecule has 0 spiro atoms. The van der Waals surface area contributed by atoms with Crippen molar-refractivity contribution in [1.29, 1.82) is 0 Å². The summed E-state index contributed by atoms with van der Waals surface area (Å²) in [5, 5.41) is 5.44. The van der Waals surface area contributed by atoms with Gasteiger partial charge in [0.15, 0.2) is 0 Å². The minimum atomic E-state index is -0.500. The third kappa shape index (κ3) is 5.17. The number of nitrogens with one attached hydrogen (secondary N) is 2. The average molecular weight is 214 g/mol. The monoisotopic (exact) mass is 214 g/mol. The molecule has 5 heteroatoms. The van der Waals surface area contributed by atoms with Crippen LogP contribution in [0.1, 0.15) is 13.8 Å². The summed E-state index contributed by atoms with van der Waals surface area (Å²) in [5.74, 6) is -0.566. The van der Waals surface area contributed by atoms with Gasteiger partial charge in [0.25, 0.3) is 0 Å². The van der Waals surface area contributed by atoms with E-state index in [-0.39, 0.29) is 5.91 Å². The Kier molecular flexibility index (Phi) is 6.37. The molecule has 0 rings (SSSR count). The molecular weight excluding hydrogens is 196 g/mol. The first kappa shape index (κ1) is 13.6. The third-order valence-corrected chi connectivity index (χ3v) is 1.87. The maximum Gasteiger partial charge on any atom is 0.322 e. The second-order valence-electron chi connectivity index (χ2n) is 3.17. The number of hydrogen-bond acceptors (Lipinski definition) is 4. The second kappa shape index (κ2) is 7.00. The molecule has 0 saturated carbocycles. The molecular formula is C10H18N2O3. The molecule has 86 valence electrons. The molecule has 2 N–H and O–H groups in total. The van der Waals surface area contributed by atoms with Crippen LogP contribution in [0.5, 0.6) is 0 Å². The summed E-state index contributed by atoms with van der Waals surface area (Å²) in [6, 6.07) is -0.946. The van der Waals surface area contributed by atoms with Crippen LogP contribution in [0, 0.1) is 0 Å². The SMILES string of the molecule is C=CCNC(=O)C(C)NC(C)C(=O)OC. The Bertz CT molecular complexity index is 241. The summed E-state index contributed by atoms with van der Waals surface area (Å²) in [6.07, 6.45) is 1.59. The quantitative estimate of drug-likeness (QED) is 0.476. The van der Waals surface area contributed by atoms with E-state index in [9.17, 15) is 9.59 Å². The molecule has 0 aliphatic heterocycles. The van der Waals surface area contributed by atoms with Crippen LogP contribution in [0.15, 0.2) is 12.7 Å². The highest BCUT2D eigenvalue weighted by molar-refractivity contribution is 5.83. The van der Waals surface area contributed by atoms with Crippen LogP contribution in [0.25, 0.3) is 0 Å². The highest BCUT2D eigenvalue weighted by Crippen LogP contribution is 1.90. The Balaban J connectivity index is 4.00. The number of esters is 1. The van der Waals surface area contributed by atoms with E-state index >= 15 is 0 Å². The molecule has 5 nitrogen and oxygen atoms in total. The summed E-state index contributed by atoms with van der Waals surface area (Å²) in [7, 11) is 1.31. The van der Waals surface area contributed by atoms with Crippen LogP contribution < -0.4 is 10.6 Å². The van der Waals surface area contributed by atoms with E-state index in [0.717, 1.165) is 0 Å². The van der Waals surface area contributed by atoms with E-state index in [0.29, 0.717) is 6.54 Å². The molecule has 0 aromatic heterocycles. The molecule has 1 amide bonds. The van der Waals surface area contributed by atoms with E-state index in [2.05, 4.69) is 21.9 Å². The molecule has 2 atom stereocenters. The van der Waals surface area contributed by atoms with Gasteiger partial charge in [-0.25, -0.2) is 0 Å². The molecule has 0 heterocycles. The topological polar surface area (TPSA) is 67.4 Å². The number of carbonyl (C=O) groups excluding carboxylic acids is 2. The van der Waals surface area contributed by atoms with Crippen LogP contribution in [0.3, 0.4) is 0 Å². The summed E-state index contributed by atoms with van der Waals surface area (Å²) in [4.78, 5) is 22.4. The summed E-state index contributed by atoms with van der Waals surface area (Å²) in [5.41, 5.74) is 0. The van der Waals surface area contributed by atoms with Crippen LogP contribution in [0.4, 0.5) is 0 Å². The molecule has 0 bridgehead atoms. The lowest BCUT2D eigenvalue weighted by Gasteiger charge is -2.17. The Morgan fingerprint density at radius 2 is 2.00 bits per heavy atom. The number of hydrogen-bond donors (Lipinski definition) is 2. The maximum atomic E-state index is 11.4. The lowest BCUT2D eigenvalue weighted by Crippen LogP contribution is -2.48. The van der Waals surface area contributed by atoms with Crippen molar-refractivity contribution in [3.8, 4) is 0 Å². The molecule has 0 saturated heterocycles. The van der Waals surface area contributed by atoms with Crippen LogP contribution in [-0.4, -0.2) is 37.6 Å². The van der Waals surface area contributed by atoms with E-state index in [1.807, 2.05) is 0 Å². The predicted octanol–water partition coefficient (Wildman–Crippen LogP) is -0.172. The third-order valence-electron chi connectivity index (χ3n) is 1.87. The summed E-state index contributed by atoms with van der Waals surface area (Å²) < 4.78 is 4.52. The zero-order valence-corrected chi connectivity index (χ0v) is 9.37. The van der Waals surface area contributed by atoms with E-state index in [4.69, 9.17) is 0 Å². The zero-order valence-electron chi connectivity index (χ0n) is 9.37. The van der Waals surface area contributed by atoms with Crippen molar-refractivity contribution in [2.75, 3.05) is 13.7 Å². The predicted molar refractivity (Wildman–Crippen MR) is 57.3 cm³/mol. The van der Waals surface area contributed by atoms with Gasteiger partial charge in [0.1, 0.15) is 6.04 Å². The standard InChI is InChI=1S/C10H18N2O3/c1-5-6-11-9(13)7(2)12-8(3)10(14)15-4/h5,7-8,12H,1,6H2,2-4H3,(H,11,13). The fourth-order valence-corrected chi connectivity index (χ4v) is 1.02. The normalized spacial score (nSPS) is 13.8. The van der Waals surface area contributed by atoms with E-state index < -0.39 is 18.1 Å². The Hall–Kier alpha value is -1.36. The first-order valence-corrected chi connectivity index (χ1v) is 4.75. The van der Waals surface area contributed by atoms with Crippen molar-refractivity contribution in [2.45, 2.75) is 25.9 Å². The first-order chi connectivity index (χ1) is 7.02. The molecule has 2 unspecified atom stereocenters. The van der Waals surface area contributed by atoms with Gasteiger partial charge in [-0.2, -0.15) is 0 Å². The number of carbonyl (C=O) groups is 2. The van der Waals surface area contributed by atoms with Gasteiger partial charge in [-0.1, -0.05) is 6.08 Å². The van der Waals surface area contributed by atoms with Gasteiger partial charge in [-0.05, 0) is 13.8 Å². The van der Waals surface area contributed by atoms with Gasteiger partial charge in [-0.3, -0.25) is 14.9 Å². The number of rotatable bonds is 6. The molecule has 0 aromatic carbocycles. The Morgan fingerprint density at radius 1 is 1.40 bits per heavy atom. The van der Waals surface area contributed by atoms with Gasteiger partial charge in [0.05, 0.1) is 13.2 Å². The summed E-state index contributed by atoms with van der Waals surface area (Å²) in [6.45, 7) is 7.22. The number of ether oxygens (including phenoxy) is 1. The van der Waals surface area contributed by atoms with Crippen molar-refractivity contribution in [2.24, 2.45) is 0 Å².